The number of methoxy groups -OCH3 is 2. The van der Waals surface area contributed by atoms with Crippen LogP contribution < -0.4 is 14.8 Å². The molecule has 1 heterocycles. The maximum atomic E-state index is 12.7. The summed E-state index contributed by atoms with van der Waals surface area (Å²) in [4.78, 5) is 24.8. The number of hydrogen-bond donors (Lipinski definition) is 1. The van der Waals surface area contributed by atoms with Crippen LogP contribution in [-0.2, 0) is 16.1 Å². The SMILES string of the molecule is COc1ccc(NC(=O)C(C)OC(=O)c2cc(C)n(CC(F)(F)F)c2C)cc1OC. The van der Waals surface area contributed by atoms with Crippen LogP contribution in [0, 0.1) is 13.8 Å². The Kier molecular flexibility index (Phi) is 7.01. The molecule has 1 N–H and O–H groups in total. The second kappa shape index (κ2) is 9.10. The van der Waals surface area contributed by atoms with E-state index in [1.165, 1.54) is 47.1 Å². The van der Waals surface area contributed by atoms with Gasteiger partial charge in [0.1, 0.15) is 6.54 Å². The van der Waals surface area contributed by atoms with E-state index in [2.05, 4.69) is 5.32 Å². The van der Waals surface area contributed by atoms with Crippen molar-refractivity contribution < 1.29 is 37.0 Å². The molecule has 2 rings (SSSR count). The Hall–Kier alpha value is -3.17. The first-order valence-electron chi connectivity index (χ1n) is 8.94. The summed E-state index contributed by atoms with van der Waals surface area (Å²) in [5, 5.41) is 2.58. The molecule has 1 amide bonds. The lowest BCUT2D eigenvalue weighted by Crippen LogP contribution is -2.30. The zero-order valence-corrected chi connectivity index (χ0v) is 17.2. The molecule has 0 fully saturated rings. The highest BCUT2D eigenvalue weighted by atomic mass is 19.4. The molecule has 2 aromatic rings. The number of nitrogens with zero attached hydrogens (tertiary/aromatic N) is 1. The third-order valence-electron chi connectivity index (χ3n) is 4.44. The van der Waals surface area contributed by atoms with Gasteiger partial charge >= 0.3 is 12.1 Å². The van der Waals surface area contributed by atoms with Crippen LogP contribution in [0.5, 0.6) is 11.5 Å². The summed E-state index contributed by atoms with van der Waals surface area (Å²) in [6.07, 6.45) is -5.61. The van der Waals surface area contributed by atoms with Crippen molar-refractivity contribution in [2.75, 3.05) is 19.5 Å². The average molecular weight is 428 g/mol. The van der Waals surface area contributed by atoms with Gasteiger partial charge in [-0.25, -0.2) is 4.79 Å². The minimum atomic E-state index is -4.43. The fourth-order valence-electron chi connectivity index (χ4n) is 2.87. The number of carbonyl (C=O) groups excluding carboxylic acids is 2. The van der Waals surface area contributed by atoms with E-state index in [9.17, 15) is 22.8 Å². The monoisotopic (exact) mass is 428 g/mol. The van der Waals surface area contributed by atoms with Gasteiger partial charge in [0.25, 0.3) is 5.91 Å². The molecule has 0 saturated carbocycles. The number of halogens is 3. The number of anilines is 1. The maximum Gasteiger partial charge on any atom is 0.406 e. The molecular weight excluding hydrogens is 405 g/mol. The molecule has 0 radical (unpaired) electrons. The minimum absolute atomic E-state index is 0.0254. The van der Waals surface area contributed by atoms with Gasteiger partial charge in [0.05, 0.1) is 19.8 Å². The first kappa shape index (κ1) is 23.1. The molecule has 0 aliphatic heterocycles. The second-order valence-corrected chi connectivity index (χ2v) is 6.59. The van der Waals surface area contributed by atoms with Crippen molar-refractivity contribution in [1.82, 2.24) is 4.57 Å². The number of ether oxygens (including phenoxy) is 3. The second-order valence-electron chi connectivity index (χ2n) is 6.59. The van der Waals surface area contributed by atoms with Crippen molar-refractivity contribution >= 4 is 17.6 Å². The van der Waals surface area contributed by atoms with E-state index in [4.69, 9.17) is 14.2 Å². The van der Waals surface area contributed by atoms with E-state index in [1.807, 2.05) is 0 Å². The molecular formula is C20H23F3N2O5. The number of esters is 1. The Morgan fingerprint density at radius 2 is 1.73 bits per heavy atom. The van der Waals surface area contributed by atoms with Crippen LogP contribution in [0.1, 0.15) is 28.7 Å². The summed E-state index contributed by atoms with van der Waals surface area (Å²) < 4.78 is 54.6. The normalized spacial score (nSPS) is 12.3. The highest BCUT2D eigenvalue weighted by Gasteiger charge is 2.31. The molecule has 7 nitrogen and oxygen atoms in total. The Morgan fingerprint density at radius 1 is 1.10 bits per heavy atom. The van der Waals surface area contributed by atoms with E-state index in [-0.39, 0.29) is 17.0 Å². The molecule has 1 aromatic heterocycles. The highest BCUT2D eigenvalue weighted by Crippen LogP contribution is 2.30. The number of aryl methyl sites for hydroxylation is 1. The van der Waals surface area contributed by atoms with Crippen molar-refractivity contribution in [2.45, 2.75) is 39.6 Å². The van der Waals surface area contributed by atoms with Crippen LogP contribution in [-0.4, -0.2) is 42.9 Å². The summed E-state index contributed by atoms with van der Waals surface area (Å²) >= 11 is 0. The number of alkyl halides is 3. The molecule has 1 aromatic carbocycles. The first-order chi connectivity index (χ1) is 14.0. The predicted molar refractivity (Wildman–Crippen MR) is 103 cm³/mol. The van der Waals surface area contributed by atoms with E-state index in [0.717, 1.165) is 4.57 Å². The number of rotatable bonds is 7. The molecule has 1 unspecified atom stereocenters. The zero-order valence-electron chi connectivity index (χ0n) is 17.2. The fourth-order valence-corrected chi connectivity index (χ4v) is 2.87. The standard InChI is InChI=1S/C20H23F3N2O5/c1-11-8-15(12(2)25(11)10-20(21,22)23)19(27)30-13(3)18(26)24-14-6-7-16(28-4)17(9-14)29-5/h6-9,13H,10H2,1-5H3,(H,24,26). The van der Waals surface area contributed by atoms with Gasteiger partial charge < -0.3 is 24.1 Å². The van der Waals surface area contributed by atoms with Crippen LogP contribution >= 0.6 is 0 Å². The van der Waals surface area contributed by atoms with Gasteiger partial charge in [-0.1, -0.05) is 0 Å². The molecule has 0 aliphatic rings. The number of carbonyl (C=O) groups is 2. The smallest absolute Gasteiger partial charge is 0.406 e. The lowest BCUT2D eigenvalue weighted by molar-refractivity contribution is -0.141. The van der Waals surface area contributed by atoms with Crippen molar-refractivity contribution in [3.8, 4) is 11.5 Å². The van der Waals surface area contributed by atoms with Crippen molar-refractivity contribution in [3.05, 3.63) is 41.2 Å². The molecule has 0 spiro atoms. The molecule has 10 heteroatoms. The van der Waals surface area contributed by atoms with Crippen LogP contribution in [0.4, 0.5) is 18.9 Å². The number of hydrogen-bond acceptors (Lipinski definition) is 5. The van der Waals surface area contributed by atoms with E-state index in [1.54, 1.807) is 12.1 Å². The Balaban J connectivity index is 2.09. The molecule has 0 bridgehead atoms. The number of aromatic nitrogens is 1. The maximum absolute atomic E-state index is 12.7. The molecule has 30 heavy (non-hydrogen) atoms. The summed E-state index contributed by atoms with van der Waals surface area (Å²) in [6.45, 7) is 3.00. The third-order valence-corrected chi connectivity index (χ3v) is 4.44. The largest absolute Gasteiger partial charge is 0.493 e. The van der Waals surface area contributed by atoms with Crippen LogP contribution in [0.25, 0.3) is 0 Å². The van der Waals surface area contributed by atoms with E-state index in [0.29, 0.717) is 17.2 Å². The quantitative estimate of drug-likeness (QED) is 0.678. The van der Waals surface area contributed by atoms with Crippen molar-refractivity contribution in [3.63, 3.8) is 0 Å². The average Bonchev–Trinajstić information content (AvgIpc) is 2.94. The van der Waals surface area contributed by atoms with Gasteiger partial charge in [0, 0.05) is 23.1 Å². The van der Waals surface area contributed by atoms with Crippen molar-refractivity contribution in [1.29, 1.82) is 0 Å². The van der Waals surface area contributed by atoms with Crippen LogP contribution in [0.2, 0.25) is 0 Å². The Morgan fingerprint density at radius 3 is 2.30 bits per heavy atom. The fraction of sp³-hybridized carbons (Fsp3) is 0.400. The summed E-state index contributed by atoms with van der Waals surface area (Å²) in [5.41, 5.74) is 0.743. The summed E-state index contributed by atoms with van der Waals surface area (Å²) in [5.74, 6) is -0.618. The van der Waals surface area contributed by atoms with Gasteiger partial charge in [-0.05, 0) is 39.0 Å². The van der Waals surface area contributed by atoms with E-state index < -0.39 is 30.7 Å². The van der Waals surface area contributed by atoms with Gasteiger partial charge in [-0.15, -0.1) is 0 Å². The van der Waals surface area contributed by atoms with Crippen molar-refractivity contribution in [2.24, 2.45) is 0 Å². The molecule has 1 atom stereocenters. The van der Waals surface area contributed by atoms with Gasteiger partial charge in [0.15, 0.2) is 17.6 Å². The predicted octanol–water partition coefficient (Wildman–Crippen LogP) is 3.87. The number of nitrogens with one attached hydrogen (secondary N) is 1. The van der Waals surface area contributed by atoms with Gasteiger partial charge in [-0.2, -0.15) is 13.2 Å². The third kappa shape index (κ3) is 5.46. The first-order valence-corrected chi connectivity index (χ1v) is 8.94. The summed E-state index contributed by atoms with van der Waals surface area (Å²) in [6, 6.07) is 6.03. The number of amides is 1. The minimum Gasteiger partial charge on any atom is -0.493 e. The van der Waals surface area contributed by atoms with Gasteiger partial charge in [0.2, 0.25) is 0 Å². The molecule has 0 saturated heterocycles. The zero-order chi connectivity index (χ0) is 22.6. The topological polar surface area (TPSA) is 78.8 Å². The Bertz CT molecular complexity index is 937. The lowest BCUT2D eigenvalue weighted by atomic mass is 10.2. The molecule has 164 valence electrons. The molecule has 0 aliphatic carbocycles. The van der Waals surface area contributed by atoms with Crippen LogP contribution in [0.15, 0.2) is 24.3 Å². The van der Waals surface area contributed by atoms with E-state index >= 15 is 0 Å². The Labute approximate surface area is 171 Å². The van der Waals surface area contributed by atoms with Gasteiger partial charge in [-0.3, -0.25) is 4.79 Å². The highest BCUT2D eigenvalue weighted by molar-refractivity contribution is 5.98. The summed E-state index contributed by atoms with van der Waals surface area (Å²) in [7, 11) is 2.92. The van der Waals surface area contributed by atoms with Crippen LogP contribution in [0.3, 0.4) is 0 Å². The number of benzene rings is 1. The lowest BCUT2D eigenvalue weighted by Gasteiger charge is -2.15.